The molecule has 0 aliphatic heterocycles. The zero-order valence-corrected chi connectivity index (χ0v) is 10.5. The maximum atomic E-state index is 2.54. The van der Waals surface area contributed by atoms with Crippen LogP contribution in [0, 0.1) is 22.7 Å². The van der Waals surface area contributed by atoms with Gasteiger partial charge in [-0.05, 0) is 41.1 Å². The Labute approximate surface area is 98.1 Å². The van der Waals surface area contributed by atoms with Gasteiger partial charge in [0.1, 0.15) is 0 Å². The minimum atomic E-state index is 0.521. The maximum Gasteiger partial charge on any atom is 0.0103 e. The summed E-state index contributed by atoms with van der Waals surface area (Å²) in [6, 6.07) is 11.3. The van der Waals surface area contributed by atoms with Crippen molar-refractivity contribution in [1.29, 1.82) is 0 Å². The molecule has 3 aliphatic carbocycles. The van der Waals surface area contributed by atoms with Crippen LogP contribution in [0.1, 0.15) is 39.2 Å². The standard InChI is InChI=1S/C16H20/c1-14(2)15(3)12-9-10-13(12)16(14,15)11-7-5-4-6-8-11/h4-8,12-13H,9-10H2,1-3H3. The second-order valence-electron chi connectivity index (χ2n) is 6.79. The van der Waals surface area contributed by atoms with E-state index >= 15 is 0 Å². The molecule has 3 saturated carbocycles. The van der Waals surface area contributed by atoms with Crippen molar-refractivity contribution in [2.24, 2.45) is 22.7 Å². The van der Waals surface area contributed by atoms with Gasteiger partial charge in [-0.15, -0.1) is 0 Å². The molecule has 3 aliphatic rings. The predicted octanol–water partition coefficient (Wildman–Crippen LogP) is 4.01. The minimum absolute atomic E-state index is 0.521. The fraction of sp³-hybridized carbons (Fsp3) is 0.625. The molecule has 0 radical (unpaired) electrons. The van der Waals surface area contributed by atoms with Gasteiger partial charge in [-0.25, -0.2) is 0 Å². The molecular weight excluding hydrogens is 192 g/mol. The SMILES string of the molecule is CC1(C)C2(C)C3CCC3C12c1ccccc1. The molecule has 4 unspecified atom stereocenters. The van der Waals surface area contributed by atoms with Crippen molar-refractivity contribution in [3.8, 4) is 0 Å². The van der Waals surface area contributed by atoms with Gasteiger partial charge in [-0.1, -0.05) is 51.1 Å². The van der Waals surface area contributed by atoms with Gasteiger partial charge in [0.2, 0.25) is 0 Å². The van der Waals surface area contributed by atoms with E-state index in [1.165, 1.54) is 12.8 Å². The molecule has 1 aromatic rings. The van der Waals surface area contributed by atoms with Crippen LogP contribution in [-0.2, 0) is 5.41 Å². The first-order valence-corrected chi connectivity index (χ1v) is 6.64. The molecule has 0 spiro atoms. The fourth-order valence-corrected chi connectivity index (χ4v) is 5.96. The predicted molar refractivity (Wildman–Crippen MR) is 66.2 cm³/mol. The molecule has 4 atom stereocenters. The smallest absolute Gasteiger partial charge is 0.0103 e. The minimum Gasteiger partial charge on any atom is -0.0622 e. The van der Waals surface area contributed by atoms with Crippen LogP contribution >= 0.6 is 0 Å². The van der Waals surface area contributed by atoms with Crippen LogP contribution in [0.15, 0.2) is 30.3 Å². The van der Waals surface area contributed by atoms with E-state index in [1.54, 1.807) is 5.56 Å². The zero-order valence-electron chi connectivity index (χ0n) is 10.5. The number of fused-ring (bicyclic) bond motifs is 4. The molecular formula is C16H20. The van der Waals surface area contributed by atoms with Gasteiger partial charge in [0.25, 0.3) is 0 Å². The quantitative estimate of drug-likeness (QED) is 0.660. The van der Waals surface area contributed by atoms with E-state index in [9.17, 15) is 0 Å². The third kappa shape index (κ3) is 0.563. The van der Waals surface area contributed by atoms with E-state index < -0.39 is 0 Å². The van der Waals surface area contributed by atoms with E-state index in [-0.39, 0.29) is 0 Å². The van der Waals surface area contributed by atoms with Crippen molar-refractivity contribution < 1.29 is 0 Å². The van der Waals surface area contributed by atoms with Crippen LogP contribution in [0.2, 0.25) is 0 Å². The average Bonchev–Trinajstić information content (AvgIpc) is 2.56. The van der Waals surface area contributed by atoms with Gasteiger partial charge in [-0.3, -0.25) is 0 Å². The maximum absolute atomic E-state index is 2.54. The van der Waals surface area contributed by atoms with Crippen molar-refractivity contribution in [1.82, 2.24) is 0 Å². The van der Waals surface area contributed by atoms with Gasteiger partial charge in [0, 0.05) is 5.41 Å². The molecule has 84 valence electrons. The summed E-state index contributed by atoms with van der Waals surface area (Å²) in [5, 5.41) is 0. The molecule has 1 aromatic carbocycles. The molecule has 0 N–H and O–H groups in total. The van der Waals surface area contributed by atoms with Gasteiger partial charge < -0.3 is 0 Å². The topological polar surface area (TPSA) is 0 Å². The number of benzene rings is 1. The fourth-order valence-electron chi connectivity index (χ4n) is 5.96. The molecule has 4 rings (SSSR count). The molecule has 16 heavy (non-hydrogen) atoms. The van der Waals surface area contributed by atoms with E-state index in [0.717, 1.165) is 11.8 Å². The summed E-state index contributed by atoms with van der Waals surface area (Å²) in [5.41, 5.74) is 3.27. The van der Waals surface area contributed by atoms with Gasteiger partial charge >= 0.3 is 0 Å². The average molecular weight is 212 g/mol. The summed E-state index contributed by atoms with van der Waals surface area (Å²) in [6.45, 7) is 7.54. The Morgan fingerprint density at radius 2 is 1.56 bits per heavy atom. The van der Waals surface area contributed by atoms with Crippen LogP contribution in [0.5, 0.6) is 0 Å². The molecule has 0 aromatic heterocycles. The first-order chi connectivity index (χ1) is 7.58. The van der Waals surface area contributed by atoms with Crippen molar-refractivity contribution in [2.75, 3.05) is 0 Å². The zero-order chi connectivity index (χ0) is 11.2. The lowest BCUT2D eigenvalue weighted by Gasteiger charge is -2.58. The largest absolute Gasteiger partial charge is 0.0622 e. The number of rotatable bonds is 1. The van der Waals surface area contributed by atoms with Crippen LogP contribution in [-0.4, -0.2) is 0 Å². The summed E-state index contributed by atoms with van der Waals surface area (Å²) in [6.07, 6.45) is 2.96. The van der Waals surface area contributed by atoms with E-state index in [2.05, 4.69) is 51.1 Å². The van der Waals surface area contributed by atoms with Crippen LogP contribution in [0.25, 0.3) is 0 Å². The van der Waals surface area contributed by atoms with Gasteiger partial charge in [-0.2, -0.15) is 0 Å². The molecule has 0 amide bonds. The summed E-state index contributed by atoms with van der Waals surface area (Å²) >= 11 is 0. The highest BCUT2D eigenvalue weighted by Gasteiger charge is 2.94. The first kappa shape index (κ1) is 9.27. The summed E-state index contributed by atoms with van der Waals surface area (Å²) in [7, 11) is 0. The van der Waals surface area contributed by atoms with Crippen LogP contribution in [0.4, 0.5) is 0 Å². The third-order valence-electron chi connectivity index (χ3n) is 6.84. The van der Waals surface area contributed by atoms with E-state index in [4.69, 9.17) is 0 Å². The highest BCUT2D eigenvalue weighted by Crippen LogP contribution is 2.96. The molecule has 0 heteroatoms. The second kappa shape index (κ2) is 2.25. The molecule has 0 nitrogen and oxygen atoms in total. The highest BCUT2D eigenvalue weighted by atomic mass is 15.0. The lowest BCUT2D eigenvalue weighted by atomic mass is 9.46. The van der Waals surface area contributed by atoms with Crippen LogP contribution < -0.4 is 0 Å². The lowest BCUT2D eigenvalue weighted by molar-refractivity contribution is -0.0482. The summed E-state index contributed by atoms with van der Waals surface area (Å²) < 4.78 is 0. The monoisotopic (exact) mass is 212 g/mol. The molecule has 0 heterocycles. The highest BCUT2D eigenvalue weighted by molar-refractivity contribution is 5.54. The first-order valence-electron chi connectivity index (χ1n) is 6.64. The van der Waals surface area contributed by atoms with Crippen molar-refractivity contribution in [3.05, 3.63) is 35.9 Å². The third-order valence-corrected chi connectivity index (χ3v) is 6.84. The summed E-state index contributed by atoms with van der Waals surface area (Å²) in [4.78, 5) is 0. The molecule has 0 saturated heterocycles. The molecule has 3 fully saturated rings. The Morgan fingerprint density at radius 1 is 0.938 bits per heavy atom. The van der Waals surface area contributed by atoms with E-state index in [1.807, 2.05) is 0 Å². The van der Waals surface area contributed by atoms with Crippen LogP contribution in [0.3, 0.4) is 0 Å². The van der Waals surface area contributed by atoms with Crippen molar-refractivity contribution >= 4 is 0 Å². The molecule has 0 bridgehead atoms. The Morgan fingerprint density at radius 3 is 2.06 bits per heavy atom. The lowest BCUT2D eigenvalue weighted by Crippen LogP contribution is -2.54. The Bertz CT molecular complexity index is 458. The normalized spacial score (nSPS) is 50.7. The number of hydrogen-bond acceptors (Lipinski definition) is 0. The van der Waals surface area contributed by atoms with Gasteiger partial charge in [0.15, 0.2) is 0 Å². The Kier molecular flexibility index (Phi) is 1.30. The Hall–Kier alpha value is -0.780. The van der Waals surface area contributed by atoms with E-state index in [0.29, 0.717) is 16.2 Å². The number of hydrogen-bond donors (Lipinski definition) is 0. The summed E-state index contributed by atoms with van der Waals surface area (Å²) in [5.74, 6) is 2.03. The van der Waals surface area contributed by atoms with Crippen molar-refractivity contribution in [2.45, 2.75) is 39.0 Å². The second-order valence-corrected chi connectivity index (χ2v) is 6.79. The van der Waals surface area contributed by atoms with Gasteiger partial charge in [0.05, 0.1) is 0 Å². The Balaban J connectivity index is 1.90. The van der Waals surface area contributed by atoms with Crippen molar-refractivity contribution in [3.63, 3.8) is 0 Å².